The second kappa shape index (κ2) is 36.3. The topological polar surface area (TPSA) is 55.8 Å². The molecular formula is C40H88N8OS. The average molecular weight is 729 g/mol. The first kappa shape index (κ1) is 53.2. The number of ether oxygens (including phenoxy) is 1. The van der Waals surface area contributed by atoms with Crippen LogP contribution in [0, 0.1) is 5.41 Å². The molecule has 0 bridgehead atoms. The monoisotopic (exact) mass is 729 g/mol. The standard InChI is InChI=1S/C8H12N2S.C7H16N2.C7H15N.C6H13NO.C6H13N.C4H11N.2CH4/c1-3-10(2)8(9)7-5-4-6-11-7;1-3-9-6-4-8(2)5-7-9;1-2-8-6-4-3-5-7-8;1-2-7-3-5-8-6-4-7;1-2-7-5-3-4-6-7;1-4-5(2)3;;/h4-6,9H,3H2,1-2H3;3-7H2,1-2H3;2-7H2,1H3;2-6H2,1H3;2-6H2,1H3;4H2,1-3H3;2*1H4. The second-order valence-electron chi connectivity index (χ2n) is 13.2. The summed E-state index contributed by atoms with van der Waals surface area (Å²) in [5.41, 5.74) is 0. The molecule has 4 aliphatic heterocycles. The summed E-state index contributed by atoms with van der Waals surface area (Å²) in [6, 6.07) is 3.94. The smallest absolute Gasteiger partial charge is 0.138 e. The van der Waals surface area contributed by atoms with Crippen LogP contribution in [0.15, 0.2) is 17.5 Å². The first-order valence-corrected chi connectivity index (χ1v) is 20.2. The molecule has 50 heavy (non-hydrogen) atoms. The summed E-state index contributed by atoms with van der Waals surface area (Å²) in [6.45, 7) is 34.4. The second-order valence-corrected chi connectivity index (χ2v) is 14.1. The van der Waals surface area contributed by atoms with Gasteiger partial charge in [0.05, 0.1) is 18.1 Å². The van der Waals surface area contributed by atoms with Crippen LogP contribution in [0.1, 0.15) is 93.4 Å². The number of morpholine rings is 1. The van der Waals surface area contributed by atoms with E-state index in [0.29, 0.717) is 5.84 Å². The van der Waals surface area contributed by atoms with Crippen molar-refractivity contribution < 1.29 is 4.74 Å². The minimum absolute atomic E-state index is 0. The predicted octanol–water partition coefficient (Wildman–Crippen LogP) is 7.05. The number of nitrogens with one attached hydrogen (secondary N) is 1. The van der Waals surface area contributed by atoms with Crippen LogP contribution in [0.3, 0.4) is 0 Å². The quantitative estimate of drug-likeness (QED) is 0.237. The number of hydrogen-bond acceptors (Lipinski definition) is 9. The van der Waals surface area contributed by atoms with E-state index in [2.05, 4.69) is 85.2 Å². The first-order chi connectivity index (χ1) is 23.1. The van der Waals surface area contributed by atoms with E-state index in [4.69, 9.17) is 10.1 Å². The SMILES string of the molecule is C.C.CCN(C)C.CCN(C)C(=N)c1cccs1.CCN1CCCC1.CCN1CCCCC1.CCN1CCN(C)CC1.CCN1CCOCC1. The Balaban J connectivity index is -0.000000533. The Morgan fingerprint density at radius 3 is 1.36 bits per heavy atom. The molecule has 0 aliphatic carbocycles. The average Bonchev–Trinajstić information content (AvgIpc) is 3.89. The maximum Gasteiger partial charge on any atom is 0.138 e. The van der Waals surface area contributed by atoms with Crippen LogP contribution in [0.25, 0.3) is 0 Å². The van der Waals surface area contributed by atoms with Gasteiger partial charge in [-0.2, -0.15) is 0 Å². The molecule has 5 rings (SSSR count). The van der Waals surface area contributed by atoms with Crippen molar-refractivity contribution in [1.29, 1.82) is 5.41 Å². The zero-order chi connectivity index (χ0) is 36.0. The Bertz CT molecular complexity index is 784. The van der Waals surface area contributed by atoms with Crippen molar-refractivity contribution in [3.63, 3.8) is 0 Å². The number of piperazine rings is 1. The van der Waals surface area contributed by atoms with Crippen LogP contribution in [0.5, 0.6) is 0 Å². The normalized spacial score (nSPS) is 18.4. The molecule has 4 fully saturated rings. The lowest BCUT2D eigenvalue weighted by molar-refractivity contribution is 0.0405. The van der Waals surface area contributed by atoms with Crippen LogP contribution in [0.4, 0.5) is 0 Å². The van der Waals surface area contributed by atoms with Gasteiger partial charge in [-0.25, -0.2) is 0 Å². The van der Waals surface area contributed by atoms with Gasteiger partial charge in [-0.1, -0.05) is 62.0 Å². The van der Waals surface area contributed by atoms with E-state index in [1.54, 1.807) is 11.3 Å². The third-order valence-electron chi connectivity index (χ3n) is 9.38. The molecule has 300 valence electrons. The highest BCUT2D eigenvalue weighted by atomic mass is 32.1. The molecule has 1 aromatic rings. The Labute approximate surface area is 317 Å². The van der Waals surface area contributed by atoms with Gasteiger partial charge in [0.25, 0.3) is 0 Å². The molecule has 1 N–H and O–H groups in total. The highest BCUT2D eigenvalue weighted by Gasteiger charge is 2.11. The molecule has 0 amide bonds. The number of piperidine rings is 1. The van der Waals surface area contributed by atoms with E-state index >= 15 is 0 Å². The summed E-state index contributed by atoms with van der Waals surface area (Å²) >= 11 is 1.61. The number of nitrogens with zero attached hydrogens (tertiary/aromatic N) is 7. The van der Waals surface area contributed by atoms with E-state index in [1.165, 1.54) is 111 Å². The summed E-state index contributed by atoms with van der Waals surface area (Å²) in [7, 11) is 8.23. The fourth-order valence-electron chi connectivity index (χ4n) is 5.22. The van der Waals surface area contributed by atoms with Crippen LogP contribution >= 0.6 is 11.3 Å². The lowest BCUT2D eigenvalue weighted by atomic mass is 10.1. The maximum atomic E-state index is 7.69. The van der Waals surface area contributed by atoms with Gasteiger partial charge in [0.15, 0.2) is 0 Å². The van der Waals surface area contributed by atoms with Crippen molar-refractivity contribution in [2.75, 3.05) is 146 Å². The Kier molecular flexibility index (Phi) is 38.6. The van der Waals surface area contributed by atoms with E-state index in [1.807, 2.05) is 36.4 Å². The third kappa shape index (κ3) is 28.5. The van der Waals surface area contributed by atoms with Crippen LogP contribution in [-0.4, -0.2) is 186 Å². The fourth-order valence-corrected chi connectivity index (χ4v) is 5.94. The zero-order valence-corrected chi connectivity index (χ0v) is 34.3. The molecule has 1 aromatic heterocycles. The van der Waals surface area contributed by atoms with Gasteiger partial charge in [-0.05, 0) is 124 Å². The van der Waals surface area contributed by atoms with Gasteiger partial charge in [0.1, 0.15) is 5.84 Å². The van der Waals surface area contributed by atoms with Gasteiger partial charge in [-0.3, -0.25) is 10.3 Å². The van der Waals surface area contributed by atoms with Crippen LogP contribution in [-0.2, 0) is 4.74 Å². The number of amidine groups is 1. The van der Waals surface area contributed by atoms with Crippen LogP contribution in [0.2, 0.25) is 0 Å². The minimum atomic E-state index is 0. The Morgan fingerprint density at radius 1 is 0.640 bits per heavy atom. The number of likely N-dealkylation sites (tertiary alicyclic amines) is 2. The summed E-state index contributed by atoms with van der Waals surface area (Å²) in [5, 5.41) is 9.68. The number of hydrogen-bond donors (Lipinski definition) is 1. The first-order valence-electron chi connectivity index (χ1n) is 19.3. The van der Waals surface area contributed by atoms with Gasteiger partial charge >= 0.3 is 0 Å². The predicted molar refractivity (Wildman–Crippen MR) is 227 cm³/mol. The summed E-state index contributed by atoms with van der Waals surface area (Å²) < 4.78 is 5.16. The van der Waals surface area contributed by atoms with Crippen molar-refractivity contribution in [3.8, 4) is 0 Å². The van der Waals surface area contributed by atoms with Gasteiger partial charge in [0.2, 0.25) is 0 Å². The van der Waals surface area contributed by atoms with Gasteiger partial charge in [-0.15, -0.1) is 11.3 Å². The number of thiophene rings is 1. The maximum absolute atomic E-state index is 7.69. The Morgan fingerprint density at radius 2 is 1.04 bits per heavy atom. The van der Waals surface area contributed by atoms with Crippen molar-refractivity contribution in [3.05, 3.63) is 22.4 Å². The zero-order valence-electron chi connectivity index (χ0n) is 33.4. The van der Waals surface area contributed by atoms with Gasteiger partial charge < -0.3 is 34.1 Å². The highest BCUT2D eigenvalue weighted by Crippen LogP contribution is 2.10. The molecular weight excluding hydrogens is 641 g/mol. The molecule has 10 heteroatoms. The molecule has 0 unspecified atom stereocenters. The van der Waals surface area contributed by atoms with Crippen molar-refractivity contribution in [2.45, 2.75) is 88.5 Å². The van der Waals surface area contributed by atoms with E-state index < -0.39 is 0 Å². The van der Waals surface area contributed by atoms with Gasteiger partial charge in [0, 0.05) is 52.9 Å². The number of likely N-dealkylation sites (N-methyl/N-ethyl adjacent to an activating group) is 3. The Hall–Kier alpha value is -1.11. The summed E-state index contributed by atoms with van der Waals surface area (Å²) in [4.78, 5) is 17.3. The molecule has 0 radical (unpaired) electrons. The van der Waals surface area contributed by atoms with E-state index in [0.717, 1.165) is 44.3 Å². The van der Waals surface area contributed by atoms with E-state index in [-0.39, 0.29) is 14.9 Å². The molecule has 0 aromatic carbocycles. The molecule has 0 atom stereocenters. The minimum Gasteiger partial charge on any atom is -0.379 e. The lowest BCUT2D eigenvalue weighted by Crippen LogP contribution is -2.44. The largest absolute Gasteiger partial charge is 0.379 e. The van der Waals surface area contributed by atoms with Crippen molar-refractivity contribution in [1.82, 2.24) is 34.3 Å². The molecule has 4 saturated heterocycles. The molecule has 0 spiro atoms. The summed E-state index contributed by atoms with van der Waals surface area (Å²) in [5.74, 6) is 0.613. The van der Waals surface area contributed by atoms with Crippen LogP contribution < -0.4 is 0 Å². The third-order valence-corrected chi connectivity index (χ3v) is 10.3. The van der Waals surface area contributed by atoms with E-state index in [9.17, 15) is 0 Å². The van der Waals surface area contributed by atoms with Crippen molar-refractivity contribution in [2.24, 2.45) is 0 Å². The lowest BCUT2D eigenvalue weighted by Gasteiger charge is -2.31. The molecule has 9 nitrogen and oxygen atoms in total. The molecule has 5 heterocycles. The fraction of sp³-hybridized carbons (Fsp3) is 0.875. The van der Waals surface area contributed by atoms with Crippen molar-refractivity contribution >= 4 is 17.2 Å². The summed E-state index contributed by atoms with van der Waals surface area (Å²) in [6.07, 6.45) is 7.15. The highest BCUT2D eigenvalue weighted by molar-refractivity contribution is 7.12. The molecule has 0 saturated carbocycles. The number of rotatable bonds is 7. The molecule has 4 aliphatic rings.